The minimum atomic E-state index is -0.423. The van der Waals surface area contributed by atoms with Gasteiger partial charge >= 0.3 is 5.91 Å². The van der Waals surface area contributed by atoms with Crippen LogP contribution in [0.25, 0.3) is 0 Å². The molecule has 2 rings (SSSR count). The first-order valence-electron chi connectivity index (χ1n) is 3.94. The zero-order valence-electron chi connectivity index (χ0n) is 7.47. The van der Waals surface area contributed by atoms with Crippen LogP contribution in [-0.2, 0) is 0 Å². The van der Waals surface area contributed by atoms with Crippen LogP contribution in [0.5, 0.6) is 0 Å². The van der Waals surface area contributed by atoms with Crippen molar-refractivity contribution >= 4 is 11.9 Å². The summed E-state index contributed by atoms with van der Waals surface area (Å²) in [5, 5.41) is 0. The number of carbonyl (C=O) groups is 1. The highest BCUT2D eigenvalue weighted by atomic mass is 16.4. The van der Waals surface area contributed by atoms with Gasteiger partial charge in [0.15, 0.2) is 0 Å². The Morgan fingerprint density at radius 2 is 2.36 bits per heavy atom. The van der Waals surface area contributed by atoms with E-state index in [0.717, 1.165) is 0 Å². The number of carbonyl (C=O) groups excluding carboxylic acids is 1. The van der Waals surface area contributed by atoms with E-state index in [0.29, 0.717) is 5.76 Å². The highest BCUT2D eigenvalue weighted by Crippen LogP contribution is 2.07. The molecule has 72 valence electrons. The molecule has 2 N–H and O–H groups in total. The fourth-order valence-electron chi connectivity index (χ4n) is 1.04. The lowest BCUT2D eigenvalue weighted by Crippen LogP contribution is -2.14. The first-order chi connectivity index (χ1) is 6.68. The number of nitrogens with two attached hydrogens (primary N) is 1. The quantitative estimate of drug-likeness (QED) is 0.708. The summed E-state index contributed by atoms with van der Waals surface area (Å²) in [6, 6.07) is 0. The van der Waals surface area contributed by atoms with Crippen molar-refractivity contribution in [3.63, 3.8) is 0 Å². The molecular formula is C8H8N4O2. The van der Waals surface area contributed by atoms with Gasteiger partial charge in [-0.05, 0) is 6.92 Å². The molecule has 0 atom stereocenters. The summed E-state index contributed by atoms with van der Waals surface area (Å²) in [5.74, 6) is 0.276. The van der Waals surface area contributed by atoms with E-state index in [9.17, 15) is 4.79 Å². The highest BCUT2D eigenvalue weighted by Gasteiger charge is 2.16. The Morgan fingerprint density at radius 1 is 1.57 bits per heavy atom. The van der Waals surface area contributed by atoms with Crippen LogP contribution in [-0.4, -0.2) is 20.4 Å². The molecule has 0 radical (unpaired) electrons. The summed E-state index contributed by atoms with van der Waals surface area (Å²) in [7, 11) is 0. The van der Waals surface area contributed by atoms with Gasteiger partial charge in [0.2, 0.25) is 5.95 Å². The van der Waals surface area contributed by atoms with E-state index in [-0.39, 0.29) is 11.8 Å². The fraction of sp³-hybridized carbons (Fsp3) is 0.125. The molecule has 2 aromatic rings. The molecule has 0 amide bonds. The Kier molecular flexibility index (Phi) is 1.81. The Bertz CT molecular complexity index is 471. The van der Waals surface area contributed by atoms with Crippen molar-refractivity contribution in [2.75, 3.05) is 5.73 Å². The number of hydrogen-bond acceptors (Lipinski definition) is 5. The number of aromatic nitrogens is 3. The molecule has 0 saturated carbocycles. The molecule has 2 heterocycles. The van der Waals surface area contributed by atoms with E-state index >= 15 is 0 Å². The third kappa shape index (κ3) is 1.26. The van der Waals surface area contributed by atoms with Crippen LogP contribution in [0.15, 0.2) is 23.0 Å². The van der Waals surface area contributed by atoms with Crippen LogP contribution in [0, 0.1) is 6.92 Å². The zero-order valence-corrected chi connectivity index (χ0v) is 7.47. The average molecular weight is 192 g/mol. The number of imidazole rings is 1. The van der Waals surface area contributed by atoms with E-state index in [1.165, 1.54) is 23.2 Å². The minimum absolute atomic E-state index is 0.00667. The van der Waals surface area contributed by atoms with Crippen molar-refractivity contribution in [2.24, 2.45) is 0 Å². The number of anilines is 1. The summed E-state index contributed by atoms with van der Waals surface area (Å²) in [5.41, 5.74) is 5.45. The van der Waals surface area contributed by atoms with Crippen molar-refractivity contribution in [1.82, 2.24) is 14.5 Å². The maximum absolute atomic E-state index is 11.6. The van der Waals surface area contributed by atoms with Gasteiger partial charge < -0.3 is 10.2 Å². The van der Waals surface area contributed by atoms with Gasteiger partial charge in [-0.1, -0.05) is 0 Å². The maximum atomic E-state index is 11.6. The van der Waals surface area contributed by atoms with Gasteiger partial charge in [-0.15, -0.1) is 0 Å². The summed E-state index contributed by atoms with van der Waals surface area (Å²) in [4.78, 5) is 19.1. The average Bonchev–Trinajstić information content (AvgIpc) is 2.73. The SMILES string of the molecule is Cc1cnc(C(=O)n2ccnc2N)o1. The number of oxazole rings is 1. The van der Waals surface area contributed by atoms with E-state index < -0.39 is 5.91 Å². The van der Waals surface area contributed by atoms with Gasteiger partial charge in [-0.2, -0.15) is 0 Å². The van der Waals surface area contributed by atoms with Gasteiger partial charge in [0.1, 0.15) is 5.76 Å². The first kappa shape index (κ1) is 8.49. The molecule has 6 heteroatoms. The van der Waals surface area contributed by atoms with Crippen LogP contribution in [0.4, 0.5) is 5.95 Å². The Hall–Kier alpha value is -2.11. The molecule has 6 nitrogen and oxygen atoms in total. The van der Waals surface area contributed by atoms with Crippen LogP contribution >= 0.6 is 0 Å². The van der Waals surface area contributed by atoms with Crippen LogP contribution in [0.1, 0.15) is 16.4 Å². The Labute approximate surface area is 79.4 Å². The lowest BCUT2D eigenvalue weighted by molar-refractivity contribution is 0.0927. The maximum Gasteiger partial charge on any atom is 0.320 e. The fourth-order valence-corrected chi connectivity index (χ4v) is 1.04. The summed E-state index contributed by atoms with van der Waals surface area (Å²) in [6.07, 6.45) is 4.36. The molecular weight excluding hydrogens is 184 g/mol. The van der Waals surface area contributed by atoms with E-state index in [1.807, 2.05) is 0 Å². The second kappa shape index (κ2) is 2.99. The van der Waals surface area contributed by atoms with Crippen molar-refractivity contribution in [3.8, 4) is 0 Å². The third-order valence-corrected chi connectivity index (χ3v) is 1.69. The molecule has 0 saturated heterocycles. The monoisotopic (exact) mass is 192 g/mol. The topological polar surface area (TPSA) is 86.9 Å². The molecule has 0 aliphatic carbocycles. The van der Waals surface area contributed by atoms with Crippen LogP contribution < -0.4 is 5.73 Å². The van der Waals surface area contributed by atoms with E-state index in [1.54, 1.807) is 6.92 Å². The standard InChI is InChI=1S/C8H8N4O2/c1-5-4-11-6(14-5)7(13)12-3-2-10-8(12)9/h2-4H,1H3,(H2,9,10). The van der Waals surface area contributed by atoms with E-state index in [2.05, 4.69) is 9.97 Å². The van der Waals surface area contributed by atoms with Gasteiger partial charge in [-0.3, -0.25) is 4.79 Å². The molecule has 0 aromatic carbocycles. The van der Waals surface area contributed by atoms with Gasteiger partial charge in [0, 0.05) is 12.4 Å². The molecule has 0 aliphatic heterocycles. The molecule has 2 aromatic heterocycles. The van der Waals surface area contributed by atoms with Crippen molar-refractivity contribution < 1.29 is 9.21 Å². The Morgan fingerprint density at radius 3 is 2.86 bits per heavy atom. The predicted octanol–water partition coefficient (Wildman–Crippen LogP) is 0.450. The molecule has 14 heavy (non-hydrogen) atoms. The number of nitrogens with zero attached hydrogens (tertiary/aromatic N) is 3. The normalized spacial score (nSPS) is 10.4. The third-order valence-electron chi connectivity index (χ3n) is 1.69. The molecule has 0 spiro atoms. The lowest BCUT2D eigenvalue weighted by atomic mass is 10.6. The largest absolute Gasteiger partial charge is 0.438 e. The summed E-state index contributed by atoms with van der Waals surface area (Å²) >= 11 is 0. The second-order valence-corrected chi connectivity index (χ2v) is 2.74. The van der Waals surface area contributed by atoms with Crippen LogP contribution in [0.3, 0.4) is 0 Å². The minimum Gasteiger partial charge on any atom is -0.438 e. The molecule has 0 fully saturated rings. The smallest absolute Gasteiger partial charge is 0.320 e. The van der Waals surface area contributed by atoms with Crippen LogP contribution in [0.2, 0.25) is 0 Å². The van der Waals surface area contributed by atoms with E-state index in [4.69, 9.17) is 10.2 Å². The van der Waals surface area contributed by atoms with Gasteiger partial charge in [-0.25, -0.2) is 14.5 Å². The number of rotatable bonds is 1. The summed E-state index contributed by atoms with van der Waals surface area (Å²) < 4.78 is 6.23. The van der Waals surface area contributed by atoms with Gasteiger partial charge in [0.25, 0.3) is 5.89 Å². The number of nitrogen functional groups attached to an aromatic ring is 1. The highest BCUT2D eigenvalue weighted by molar-refractivity contribution is 5.93. The van der Waals surface area contributed by atoms with Gasteiger partial charge in [0.05, 0.1) is 6.20 Å². The number of hydrogen-bond donors (Lipinski definition) is 1. The van der Waals surface area contributed by atoms with Crippen molar-refractivity contribution in [1.29, 1.82) is 0 Å². The Balaban J connectivity index is 2.38. The molecule has 0 aliphatic rings. The zero-order chi connectivity index (χ0) is 10.1. The summed E-state index contributed by atoms with van der Waals surface area (Å²) in [6.45, 7) is 1.71. The predicted molar refractivity (Wildman–Crippen MR) is 47.6 cm³/mol. The molecule has 0 bridgehead atoms. The van der Waals surface area contributed by atoms with Crippen molar-refractivity contribution in [2.45, 2.75) is 6.92 Å². The van der Waals surface area contributed by atoms with Crippen molar-refractivity contribution in [3.05, 3.63) is 30.2 Å². The molecule has 0 unspecified atom stereocenters. The lowest BCUT2D eigenvalue weighted by Gasteiger charge is -1.97. The number of aryl methyl sites for hydroxylation is 1. The second-order valence-electron chi connectivity index (χ2n) is 2.74. The first-order valence-corrected chi connectivity index (χ1v) is 3.94.